The van der Waals surface area contributed by atoms with E-state index >= 15 is 0 Å². The molecule has 7 nitrogen and oxygen atoms in total. The molecule has 0 saturated carbocycles. The first-order chi connectivity index (χ1) is 22.5. The van der Waals surface area contributed by atoms with E-state index in [1.807, 2.05) is 91.0 Å². The summed E-state index contributed by atoms with van der Waals surface area (Å²) in [6, 6.07) is 35.1. The minimum absolute atomic E-state index is 0.0336. The number of para-hydroxylation sites is 2. The minimum Gasteiger partial charge on any atom is -0.480 e. The maximum atomic E-state index is 13.4. The molecule has 1 atom stereocenters. The standard InChI is InChI=1S/C39H35ClN2O5/c1-39(2,3)28-19-17-27(18-20-28)36(43)41-33-22-21-29(40)24-32(33)37(44)42-34(38(45)46)23-25-13-15-26(16-14-25)31-11-7-8-12-35(31)47-30-9-5-4-6-10-30/h4-22,24,34H,23H2,1-3H3,(H,41,43)(H,42,44)(H,45,46). The molecule has 0 aliphatic rings. The van der Waals surface area contributed by atoms with E-state index in [4.69, 9.17) is 16.3 Å². The van der Waals surface area contributed by atoms with E-state index in [2.05, 4.69) is 31.4 Å². The van der Waals surface area contributed by atoms with Crippen LogP contribution in [0.4, 0.5) is 5.69 Å². The van der Waals surface area contributed by atoms with Gasteiger partial charge in [-0.1, -0.05) is 105 Å². The third-order valence-corrected chi connectivity index (χ3v) is 7.89. The number of halogens is 1. The molecule has 8 heteroatoms. The highest BCUT2D eigenvalue weighted by Gasteiger charge is 2.24. The number of carboxylic acid groups (broad SMARTS) is 1. The molecule has 5 aromatic carbocycles. The summed E-state index contributed by atoms with van der Waals surface area (Å²) in [5.41, 5.74) is 4.17. The van der Waals surface area contributed by atoms with E-state index < -0.39 is 23.8 Å². The molecule has 0 heterocycles. The number of amides is 2. The number of benzene rings is 5. The van der Waals surface area contributed by atoms with Crippen LogP contribution < -0.4 is 15.4 Å². The van der Waals surface area contributed by atoms with Gasteiger partial charge in [-0.3, -0.25) is 9.59 Å². The second kappa shape index (κ2) is 14.4. The molecule has 5 rings (SSSR count). The van der Waals surface area contributed by atoms with Gasteiger partial charge in [0, 0.05) is 22.6 Å². The summed E-state index contributed by atoms with van der Waals surface area (Å²) in [5, 5.41) is 15.6. The van der Waals surface area contributed by atoms with E-state index in [1.165, 1.54) is 12.1 Å². The van der Waals surface area contributed by atoms with E-state index in [9.17, 15) is 19.5 Å². The summed E-state index contributed by atoms with van der Waals surface area (Å²) in [6.07, 6.45) is 0.0336. The summed E-state index contributed by atoms with van der Waals surface area (Å²) in [4.78, 5) is 38.8. The number of aliphatic carboxylic acids is 1. The first kappa shape index (κ1) is 33.0. The molecule has 0 aliphatic heterocycles. The molecule has 0 aliphatic carbocycles. The Balaban J connectivity index is 1.29. The van der Waals surface area contributed by atoms with Crippen LogP contribution in [0.5, 0.6) is 11.5 Å². The van der Waals surface area contributed by atoms with Crippen LogP contribution in [0.2, 0.25) is 5.02 Å². The molecule has 2 amide bonds. The SMILES string of the molecule is CC(C)(C)c1ccc(C(=O)Nc2ccc(Cl)cc2C(=O)NC(Cc2ccc(-c3ccccc3Oc3ccccc3)cc2)C(=O)O)cc1. The van der Waals surface area contributed by atoms with Crippen molar-refractivity contribution in [1.29, 1.82) is 0 Å². The van der Waals surface area contributed by atoms with Gasteiger partial charge in [-0.15, -0.1) is 0 Å². The first-order valence-corrected chi connectivity index (χ1v) is 15.5. The number of rotatable bonds is 10. The summed E-state index contributed by atoms with van der Waals surface area (Å²) < 4.78 is 6.10. The zero-order valence-corrected chi connectivity index (χ0v) is 27.0. The average molecular weight is 647 g/mol. The number of carbonyl (C=O) groups excluding carboxylic acids is 2. The van der Waals surface area contributed by atoms with Crippen molar-refractivity contribution in [2.24, 2.45) is 0 Å². The summed E-state index contributed by atoms with van der Waals surface area (Å²) >= 11 is 6.21. The molecular weight excluding hydrogens is 612 g/mol. The lowest BCUT2D eigenvalue weighted by Crippen LogP contribution is -2.42. The Morgan fingerprint density at radius 2 is 1.45 bits per heavy atom. The fourth-order valence-corrected chi connectivity index (χ4v) is 5.20. The quantitative estimate of drug-likeness (QED) is 0.141. The van der Waals surface area contributed by atoms with Crippen LogP contribution in [-0.2, 0) is 16.6 Å². The fourth-order valence-electron chi connectivity index (χ4n) is 5.03. The summed E-state index contributed by atoms with van der Waals surface area (Å²) in [5.74, 6) is -0.882. The largest absolute Gasteiger partial charge is 0.480 e. The highest BCUT2D eigenvalue weighted by Crippen LogP contribution is 2.33. The van der Waals surface area contributed by atoms with Gasteiger partial charge in [0.15, 0.2) is 0 Å². The first-order valence-electron chi connectivity index (χ1n) is 15.1. The molecular formula is C39H35ClN2O5. The molecule has 0 bridgehead atoms. The van der Waals surface area contributed by atoms with Crippen molar-refractivity contribution >= 4 is 35.1 Å². The van der Waals surface area contributed by atoms with Crippen LogP contribution in [-0.4, -0.2) is 28.9 Å². The third kappa shape index (κ3) is 8.45. The summed E-state index contributed by atoms with van der Waals surface area (Å²) in [6.45, 7) is 6.26. The Morgan fingerprint density at radius 1 is 0.787 bits per heavy atom. The molecule has 0 saturated heterocycles. The Hall–Kier alpha value is -5.40. The van der Waals surface area contributed by atoms with Crippen molar-refractivity contribution in [2.75, 3.05) is 5.32 Å². The van der Waals surface area contributed by atoms with Crippen LogP contribution in [0, 0.1) is 0 Å². The smallest absolute Gasteiger partial charge is 0.326 e. The van der Waals surface area contributed by atoms with Crippen LogP contribution in [0.25, 0.3) is 11.1 Å². The van der Waals surface area contributed by atoms with Crippen molar-refractivity contribution in [3.05, 3.63) is 149 Å². The van der Waals surface area contributed by atoms with Crippen molar-refractivity contribution in [3.8, 4) is 22.6 Å². The van der Waals surface area contributed by atoms with Crippen molar-refractivity contribution < 1.29 is 24.2 Å². The van der Waals surface area contributed by atoms with E-state index in [0.29, 0.717) is 22.6 Å². The lowest BCUT2D eigenvalue weighted by molar-refractivity contribution is -0.139. The predicted octanol–water partition coefficient (Wildman–Crippen LogP) is 8.77. The van der Waals surface area contributed by atoms with Gasteiger partial charge in [-0.25, -0.2) is 4.79 Å². The molecule has 47 heavy (non-hydrogen) atoms. The molecule has 0 spiro atoms. The topological polar surface area (TPSA) is 105 Å². The van der Waals surface area contributed by atoms with Gasteiger partial charge in [0.25, 0.3) is 11.8 Å². The van der Waals surface area contributed by atoms with E-state index in [-0.39, 0.29) is 28.1 Å². The maximum absolute atomic E-state index is 13.4. The molecule has 0 fully saturated rings. The van der Waals surface area contributed by atoms with Crippen LogP contribution >= 0.6 is 11.6 Å². The lowest BCUT2D eigenvalue weighted by Gasteiger charge is -2.19. The van der Waals surface area contributed by atoms with Crippen LogP contribution in [0.1, 0.15) is 52.6 Å². The second-order valence-electron chi connectivity index (χ2n) is 12.1. The normalized spacial score (nSPS) is 11.7. The number of carboxylic acids is 1. The number of carbonyl (C=O) groups is 3. The van der Waals surface area contributed by atoms with E-state index in [1.54, 1.807) is 18.2 Å². The molecule has 5 aromatic rings. The molecule has 0 radical (unpaired) electrons. The highest BCUT2D eigenvalue weighted by atomic mass is 35.5. The molecule has 1 unspecified atom stereocenters. The maximum Gasteiger partial charge on any atom is 0.326 e. The zero-order valence-electron chi connectivity index (χ0n) is 26.3. The highest BCUT2D eigenvalue weighted by molar-refractivity contribution is 6.31. The number of nitrogens with one attached hydrogen (secondary N) is 2. The monoisotopic (exact) mass is 646 g/mol. The predicted molar refractivity (Wildman–Crippen MR) is 186 cm³/mol. The van der Waals surface area contributed by atoms with Crippen LogP contribution in [0.15, 0.2) is 121 Å². The van der Waals surface area contributed by atoms with Gasteiger partial charge in [-0.05, 0) is 70.6 Å². The third-order valence-electron chi connectivity index (χ3n) is 7.65. The van der Waals surface area contributed by atoms with Crippen molar-refractivity contribution in [1.82, 2.24) is 5.32 Å². The van der Waals surface area contributed by atoms with Gasteiger partial charge in [-0.2, -0.15) is 0 Å². The Morgan fingerprint density at radius 3 is 2.11 bits per heavy atom. The number of hydrogen-bond acceptors (Lipinski definition) is 4. The van der Waals surface area contributed by atoms with Gasteiger partial charge < -0.3 is 20.5 Å². The molecule has 0 aromatic heterocycles. The number of hydrogen-bond donors (Lipinski definition) is 3. The Bertz CT molecular complexity index is 1880. The second-order valence-corrected chi connectivity index (χ2v) is 12.6. The average Bonchev–Trinajstić information content (AvgIpc) is 3.06. The fraction of sp³-hybridized carbons (Fsp3) is 0.154. The molecule has 3 N–H and O–H groups in total. The van der Waals surface area contributed by atoms with Gasteiger partial charge in [0.1, 0.15) is 17.5 Å². The van der Waals surface area contributed by atoms with Gasteiger partial charge in [0.2, 0.25) is 0 Å². The number of anilines is 1. The van der Waals surface area contributed by atoms with Gasteiger partial charge in [0.05, 0.1) is 11.3 Å². The molecule has 238 valence electrons. The van der Waals surface area contributed by atoms with Crippen LogP contribution in [0.3, 0.4) is 0 Å². The Kier molecular flexibility index (Phi) is 10.1. The number of ether oxygens (including phenoxy) is 1. The van der Waals surface area contributed by atoms with Gasteiger partial charge >= 0.3 is 5.97 Å². The van der Waals surface area contributed by atoms with Crippen molar-refractivity contribution in [2.45, 2.75) is 38.6 Å². The van der Waals surface area contributed by atoms with E-state index in [0.717, 1.165) is 16.7 Å². The Labute approximate surface area is 279 Å². The van der Waals surface area contributed by atoms with Crippen molar-refractivity contribution in [3.63, 3.8) is 0 Å². The minimum atomic E-state index is -1.24. The lowest BCUT2D eigenvalue weighted by atomic mass is 9.86. The summed E-state index contributed by atoms with van der Waals surface area (Å²) in [7, 11) is 0. The zero-order chi connectivity index (χ0) is 33.6.